The van der Waals surface area contributed by atoms with E-state index in [0.717, 1.165) is 4.90 Å². The van der Waals surface area contributed by atoms with Crippen molar-refractivity contribution in [2.24, 2.45) is 0 Å². The summed E-state index contributed by atoms with van der Waals surface area (Å²) in [7, 11) is 0. The third kappa shape index (κ3) is 5.11. The van der Waals surface area contributed by atoms with Gasteiger partial charge in [-0.3, -0.25) is 19.2 Å². The molecule has 4 aromatic carbocycles. The molecule has 1 aliphatic carbocycles. The van der Waals surface area contributed by atoms with Gasteiger partial charge >= 0.3 is 0 Å². The molecule has 0 bridgehead atoms. The molecular weight excluding hydrogens is 520 g/mol. The standard InChI is InChI=1S/C30H21ClN2O4S/c1-17(38-21-14-12-20(13-15-21)32-30(37)18-6-4-7-19(31)16-18)29(36)33-25-11-5-10-24-26(25)28(35)23-9-3-2-8-22(23)27(24)34/h2-17H,1H3,(H,32,37)(H,33,36). The fraction of sp³-hybridized carbons (Fsp3) is 0.0667. The molecule has 38 heavy (non-hydrogen) atoms. The molecule has 5 rings (SSSR count). The molecule has 4 aromatic rings. The largest absolute Gasteiger partial charge is 0.324 e. The van der Waals surface area contributed by atoms with E-state index in [-0.39, 0.29) is 34.5 Å². The minimum absolute atomic E-state index is 0.210. The number of carbonyl (C=O) groups is 4. The first-order valence-corrected chi connectivity index (χ1v) is 13.0. The number of carbonyl (C=O) groups excluding carboxylic acids is 4. The second-order valence-corrected chi connectivity index (χ2v) is 10.5. The molecule has 2 N–H and O–H groups in total. The SMILES string of the molecule is CC(Sc1ccc(NC(=O)c2cccc(Cl)c2)cc1)C(=O)Nc1cccc2c1C(=O)c1ccccc1C2=O. The van der Waals surface area contributed by atoms with Crippen molar-refractivity contribution in [2.45, 2.75) is 17.1 Å². The van der Waals surface area contributed by atoms with Gasteiger partial charge in [-0.05, 0) is 55.5 Å². The fourth-order valence-electron chi connectivity index (χ4n) is 4.19. The average molecular weight is 541 g/mol. The van der Waals surface area contributed by atoms with Crippen molar-refractivity contribution in [3.8, 4) is 0 Å². The summed E-state index contributed by atoms with van der Waals surface area (Å²) in [6, 6.07) is 25.4. The van der Waals surface area contributed by atoms with Crippen LogP contribution in [0.1, 0.15) is 49.1 Å². The summed E-state index contributed by atoms with van der Waals surface area (Å²) in [6.07, 6.45) is 0. The van der Waals surface area contributed by atoms with Crippen molar-refractivity contribution >= 4 is 58.1 Å². The molecule has 188 valence electrons. The number of amides is 2. The van der Waals surface area contributed by atoms with Crippen LogP contribution in [0, 0.1) is 0 Å². The summed E-state index contributed by atoms with van der Waals surface area (Å²) in [5.41, 5.74) is 2.56. The van der Waals surface area contributed by atoms with Crippen LogP contribution in [0.3, 0.4) is 0 Å². The summed E-state index contributed by atoms with van der Waals surface area (Å²) in [4.78, 5) is 52.4. The monoisotopic (exact) mass is 540 g/mol. The predicted octanol–water partition coefficient (Wildman–Crippen LogP) is 6.49. The Kier molecular flexibility index (Phi) is 7.13. The molecule has 0 radical (unpaired) electrons. The Labute approximate surface area is 228 Å². The lowest BCUT2D eigenvalue weighted by Crippen LogP contribution is -2.27. The average Bonchev–Trinajstić information content (AvgIpc) is 2.92. The molecule has 0 aliphatic heterocycles. The number of hydrogen-bond donors (Lipinski definition) is 2. The van der Waals surface area contributed by atoms with Crippen LogP contribution < -0.4 is 10.6 Å². The third-order valence-corrected chi connectivity index (χ3v) is 7.44. The van der Waals surface area contributed by atoms with E-state index in [1.165, 1.54) is 11.8 Å². The van der Waals surface area contributed by atoms with Crippen molar-refractivity contribution in [1.82, 2.24) is 0 Å². The molecule has 0 fully saturated rings. The van der Waals surface area contributed by atoms with Gasteiger partial charge in [-0.2, -0.15) is 0 Å². The van der Waals surface area contributed by atoms with Gasteiger partial charge in [0.2, 0.25) is 5.91 Å². The molecule has 0 spiro atoms. The summed E-state index contributed by atoms with van der Waals surface area (Å²) in [5.74, 6) is -1.11. The van der Waals surface area contributed by atoms with Crippen LogP contribution in [0.15, 0.2) is 95.9 Å². The Morgan fingerprint density at radius 2 is 1.42 bits per heavy atom. The van der Waals surface area contributed by atoms with Crippen LogP contribution in [0.5, 0.6) is 0 Å². The first kappa shape index (κ1) is 25.4. The van der Waals surface area contributed by atoms with E-state index in [9.17, 15) is 19.2 Å². The number of thioether (sulfide) groups is 1. The molecule has 8 heteroatoms. The van der Waals surface area contributed by atoms with Crippen LogP contribution in [0.4, 0.5) is 11.4 Å². The van der Waals surface area contributed by atoms with E-state index in [0.29, 0.717) is 33.1 Å². The molecule has 1 aliphatic rings. The maximum Gasteiger partial charge on any atom is 0.255 e. The molecule has 0 saturated carbocycles. The lowest BCUT2D eigenvalue weighted by atomic mass is 9.83. The normalized spacial score (nSPS) is 12.8. The molecule has 1 atom stereocenters. The fourth-order valence-corrected chi connectivity index (χ4v) is 5.25. The van der Waals surface area contributed by atoms with Gasteiger partial charge in [-0.25, -0.2) is 0 Å². The second-order valence-electron chi connectivity index (χ2n) is 8.67. The maximum atomic E-state index is 13.2. The van der Waals surface area contributed by atoms with Crippen molar-refractivity contribution in [1.29, 1.82) is 0 Å². The lowest BCUT2D eigenvalue weighted by molar-refractivity contribution is -0.115. The summed E-state index contributed by atoms with van der Waals surface area (Å²) in [5, 5.41) is 5.63. The van der Waals surface area contributed by atoms with E-state index >= 15 is 0 Å². The van der Waals surface area contributed by atoms with Gasteiger partial charge in [-0.15, -0.1) is 11.8 Å². The zero-order valence-electron chi connectivity index (χ0n) is 20.2. The van der Waals surface area contributed by atoms with Crippen molar-refractivity contribution in [3.05, 3.63) is 124 Å². The number of fused-ring (bicyclic) bond motifs is 2. The number of halogens is 1. The second kappa shape index (κ2) is 10.7. The Morgan fingerprint density at radius 3 is 2.13 bits per heavy atom. The van der Waals surface area contributed by atoms with Gasteiger partial charge in [0.1, 0.15) is 0 Å². The zero-order chi connectivity index (χ0) is 26.8. The minimum atomic E-state index is -0.501. The first-order chi connectivity index (χ1) is 18.3. The maximum absolute atomic E-state index is 13.2. The highest BCUT2D eigenvalue weighted by Gasteiger charge is 2.32. The number of hydrogen-bond acceptors (Lipinski definition) is 5. The Morgan fingerprint density at radius 1 is 0.763 bits per heavy atom. The zero-order valence-corrected chi connectivity index (χ0v) is 21.7. The highest BCUT2D eigenvalue weighted by molar-refractivity contribution is 8.00. The smallest absolute Gasteiger partial charge is 0.255 e. The van der Waals surface area contributed by atoms with Gasteiger partial charge in [0, 0.05) is 37.9 Å². The summed E-state index contributed by atoms with van der Waals surface area (Å²) in [6.45, 7) is 1.76. The van der Waals surface area contributed by atoms with E-state index in [2.05, 4.69) is 10.6 Å². The van der Waals surface area contributed by atoms with Gasteiger partial charge < -0.3 is 10.6 Å². The van der Waals surface area contributed by atoms with Crippen LogP contribution >= 0.6 is 23.4 Å². The molecule has 1 unspecified atom stereocenters. The number of benzene rings is 4. The van der Waals surface area contributed by atoms with Gasteiger partial charge in [0.05, 0.1) is 16.5 Å². The summed E-state index contributed by atoms with van der Waals surface area (Å²) < 4.78 is 0. The molecule has 0 saturated heterocycles. The highest BCUT2D eigenvalue weighted by atomic mass is 35.5. The summed E-state index contributed by atoms with van der Waals surface area (Å²) >= 11 is 7.29. The Bertz CT molecular complexity index is 1600. The van der Waals surface area contributed by atoms with Gasteiger partial charge in [0.25, 0.3) is 5.91 Å². The topological polar surface area (TPSA) is 92.3 Å². The molecule has 0 aromatic heterocycles. The van der Waals surface area contributed by atoms with Crippen LogP contribution in [0.2, 0.25) is 5.02 Å². The van der Waals surface area contributed by atoms with Crippen molar-refractivity contribution in [2.75, 3.05) is 10.6 Å². The number of ketones is 2. The molecule has 0 heterocycles. The number of nitrogens with one attached hydrogen (secondary N) is 2. The van der Waals surface area contributed by atoms with Gasteiger partial charge in [0.15, 0.2) is 11.6 Å². The Hall–Kier alpha value is -4.20. The number of anilines is 2. The number of rotatable bonds is 6. The van der Waals surface area contributed by atoms with Crippen LogP contribution in [-0.2, 0) is 4.79 Å². The van der Waals surface area contributed by atoms with E-state index in [1.54, 1.807) is 85.8 Å². The van der Waals surface area contributed by atoms with Crippen molar-refractivity contribution < 1.29 is 19.2 Å². The molecule has 6 nitrogen and oxygen atoms in total. The lowest BCUT2D eigenvalue weighted by Gasteiger charge is -2.21. The first-order valence-electron chi connectivity index (χ1n) is 11.8. The highest BCUT2D eigenvalue weighted by Crippen LogP contribution is 2.33. The van der Waals surface area contributed by atoms with Crippen LogP contribution in [-0.4, -0.2) is 28.6 Å². The van der Waals surface area contributed by atoms with E-state index < -0.39 is 5.25 Å². The van der Waals surface area contributed by atoms with Crippen LogP contribution in [0.25, 0.3) is 0 Å². The quantitative estimate of drug-likeness (QED) is 0.240. The van der Waals surface area contributed by atoms with E-state index in [4.69, 9.17) is 11.6 Å². The van der Waals surface area contributed by atoms with Gasteiger partial charge in [-0.1, -0.05) is 54.1 Å². The molecule has 2 amide bonds. The van der Waals surface area contributed by atoms with Crippen molar-refractivity contribution in [3.63, 3.8) is 0 Å². The predicted molar refractivity (Wildman–Crippen MR) is 150 cm³/mol. The van der Waals surface area contributed by atoms with E-state index in [1.807, 2.05) is 12.1 Å². The molecular formula is C30H21ClN2O4S. The third-order valence-electron chi connectivity index (χ3n) is 6.09. The Balaban J connectivity index is 1.26. The minimum Gasteiger partial charge on any atom is -0.324 e.